The predicted octanol–water partition coefficient (Wildman–Crippen LogP) is 0.945. The van der Waals surface area contributed by atoms with Crippen molar-refractivity contribution in [3.8, 4) is 0 Å². The minimum absolute atomic E-state index is 0.0578. The summed E-state index contributed by atoms with van der Waals surface area (Å²) in [5, 5.41) is 12.7. The molecule has 2 aromatic heterocycles. The van der Waals surface area contributed by atoms with Crippen molar-refractivity contribution in [3.63, 3.8) is 0 Å². The van der Waals surface area contributed by atoms with Gasteiger partial charge in [0.15, 0.2) is 0 Å². The minimum atomic E-state index is -0.0578. The zero-order valence-corrected chi connectivity index (χ0v) is 11.3. The number of rotatable bonds is 4. The molecule has 106 valence electrons. The molecule has 0 saturated heterocycles. The van der Waals surface area contributed by atoms with Crippen LogP contribution in [-0.2, 0) is 6.54 Å². The lowest BCUT2D eigenvalue weighted by molar-refractivity contribution is 0.205. The summed E-state index contributed by atoms with van der Waals surface area (Å²) in [4.78, 5) is 16.5. The third kappa shape index (κ3) is 2.59. The maximum atomic E-state index is 12.0. The molecule has 2 atom stereocenters. The SMILES string of the molecule is O=c1cc(CNC2CCCC2CO)nc2ccccn12. The third-order valence-corrected chi connectivity index (χ3v) is 4.06. The number of pyridine rings is 1. The van der Waals surface area contributed by atoms with Gasteiger partial charge < -0.3 is 10.4 Å². The Morgan fingerprint density at radius 3 is 3.15 bits per heavy atom. The van der Waals surface area contributed by atoms with Crippen LogP contribution in [-0.4, -0.2) is 27.1 Å². The van der Waals surface area contributed by atoms with Crippen LogP contribution in [0, 0.1) is 5.92 Å². The lowest BCUT2D eigenvalue weighted by Gasteiger charge is -2.18. The highest BCUT2D eigenvalue weighted by molar-refractivity contribution is 5.37. The van der Waals surface area contributed by atoms with Gasteiger partial charge in [0.2, 0.25) is 0 Å². The molecule has 0 radical (unpaired) electrons. The Morgan fingerprint density at radius 2 is 2.30 bits per heavy atom. The average Bonchev–Trinajstić information content (AvgIpc) is 2.93. The largest absolute Gasteiger partial charge is 0.396 e. The van der Waals surface area contributed by atoms with Gasteiger partial charge in [-0.05, 0) is 30.9 Å². The van der Waals surface area contributed by atoms with E-state index in [9.17, 15) is 9.90 Å². The molecule has 5 heteroatoms. The van der Waals surface area contributed by atoms with Crippen molar-refractivity contribution in [3.05, 3.63) is 46.5 Å². The van der Waals surface area contributed by atoms with Crippen LogP contribution >= 0.6 is 0 Å². The van der Waals surface area contributed by atoms with Crippen LogP contribution in [0.2, 0.25) is 0 Å². The van der Waals surface area contributed by atoms with Crippen molar-refractivity contribution in [1.82, 2.24) is 14.7 Å². The summed E-state index contributed by atoms with van der Waals surface area (Å²) in [6.07, 6.45) is 5.02. The number of nitrogens with zero attached hydrogens (tertiary/aromatic N) is 2. The van der Waals surface area contributed by atoms with E-state index in [1.54, 1.807) is 12.3 Å². The van der Waals surface area contributed by atoms with Crippen molar-refractivity contribution < 1.29 is 5.11 Å². The highest BCUT2D eigenvalue weighted by Gasteiger charge is 2.25. The molecule has 0 amide bonds. The summed E-state index contributed by atoms with van der Waals surface area (Å²) in [7, 11) is 0. The number of nitrogens with one attached hydrogen (secondary N) is 1. The van der Waals surface area contributed by atoms with Gasteiger partial charge in [-0.25, -0.2) is 4.98 Å². The lowest BCUT2D eigenvalue weighted by atomic mass is 10.1. The lowest BCUT2D eigenvalue weighted by Crippen LogP contribution is -2.34. The fourth-order valence-electron chi connectivity index (χ4n) is 2.95. The van der Waals surface area contributed by atoms with E-state index in [1.807, 2.05) is 18.2 Å². The maximum absolute atomic E-state index is 12.0. The van der Waals surface area contributed by atoms with E-state index in [1.165, 1.54) is 4.40 Å². The van der Waals surface area contributed by atoms with Gasteiger partial charge in [-0.3, -0.25) is 9.20 Å². The molecule has 1 aliphatic rings. The maximum Gasteiger partial charge on any atom is 0.258 e. The second-order valence-corrected chi connectivity index (χ2v) is 5.38. The van der Waals surface area contributed by atoms with Gasteiger partial charge in [0.25, 0.3) is 5.56 Å². The zero-order valence-electron chi connectivity index (χ0n) is 11.3. The van der Waals surface area contributed by atoms with Gasteiger partial charge >= 0.3 is 0 Å². The first-order valence-corrected chi connectivity index (χ1v) is 7.09. The second kappa shape index (κ2) is 5.73. The van der Waals surface area contributed by atoms with Crippen molar-refractivity contribution >= 4 is 5.65 Å². The summed E-state index contributed by atoms with van der Waals surface area (Å²) in [5.41, 5.74) is 1.37. The highest BCUT2D eigenvalue weighted by atomic mass is 16.3. The number of hydrogen-bond donors (Lipinski definition) is 2. The quantitative estimate of drug-likeness (QED) is 0.870. The van der Waals surface area contributed by atoms with Crippen LogP contribution in [0.15, 0.2) is 35.3 Å². The smallest absolute Gasteiger partial charge is 0.258 e. The molecule has 2 heterocycles. The molecule has 1 aliphatic carbocycles. The van der Waals surface area contributed by atoms with Gasteiger partial charge in [0, 0.05) is 31.5 Å². The van der Waals surface area contributed by atoms with Gasteiger partial charge in [0.05, 0.1) is 5.69 Å². The van der Waals surface area contributed by atoms with E-state index >= 15 is 0 Å². The Balaban J connectivity index is 1.76. The van der Waals surface area contributed by atoms with Crippen molar-refractivity contribution in [1.29, 1.82) is 0 Å². The van der Waals surface area contributed by atoms with Gasteiger partial charge in [-0.1, -0.05) is 12.5 Å². The molecule has 1 fully saturated rings. The number of aliphatic hydroxyl groups is 1. The van der Waals surface area contributed by atoms with E-state index in [0.29, 0.717) is 24.2 Å². The molecule has 20 heavy (non-hydrogen) atoms. The van der Waals surface area contributed by atoms with E-state index in [2.05, 4.69) is 10.3 Å². The highest BCUT2D eigenvalue weighted by Crippen LogP contribution is 2.25. The molecule has 2 N–H and O–H groups in total. The molecule has 2 aromatic rings. The normalized spacial score (nSPS) is 22.4. The Kier molecular flexibility index (Phi) is 3.80. The van der Waals surface area contributed by atoms with Crippen molar-refractivity contribution in [2.45, 2.75) is 31.8 Å². The Morgan fingerprint density at radius 1 is 1.40 bits per heavy atom. The van der Waals surface area contributed by atoms with Crippen LogP contribution in [0.1, 0.15) is 25.0 Å². The molecular weight excluding hydrogens is 254 g/mol. The van der Waals surface area contributed by atoms with Gasteiger partial charge in [0.1, 0.15) is 5.65 Å². The Bertz CT molecular complexity index is 653. The number of aliphatic hydroxyl groups excluding tert-OH is 1. The first kappa shape index (κ1) is 13.3. The summed E-state index contributed by atoms with van der Waals surface area (Å²) < 4.78 is 1.54. The van der Waals surface area contributed by atoms with Crippen LogP contribution in [0.5, 0.6) is 0 Å². The van der Waals surface area contributed by atoms with E-state index in [-0.39, 0.29) is 12.2 Å². The fraction of sp³-hybridized carbons (Fsp3) is 0.467. The fourth-order valence-corrected chi connectivity index (χ4v) is 2.95. The monoisotopic (exact) mass is 273 g/mol. The third-order valence-electron chi connectivity index (χ3n) is 4.06. The molecule has 2 unspecified atom stereocenters. The van der Waals surface area contributed by atoms with Crippen LogP contribution in [0.25, 0.3) is 5.65 Å². The molecule has 0 aromatic carbocycles. The van der Waals surface area contributed by atoms with Crippen LogP contribution < -0.4 is 10.9 Å². The topological polar surface area (TPSA) is 66.6 Å². The number of hydrogen-bond acceptors (Lipinski definition) is 4. The van der Waals surface area contributed by atoms with Gasteiger partial charge in [-0.15, -0.1) is 0 Å². The Labute approximate surface area is 117 Å². The molecule has 0 aliphatic heterocycles. The minimum Gasteiger partial charge on any atom is -0.396 e. The summed E-state index contributed by atoms with van der Waals surface area (Å²) in [6, 6.07) is 7.42. The van der Waals surface area contributed by atoms with Gasteiger partial charge in [-0.2, -0.15) is 0 Å². The van der Waals surface area contributed by atoms with E-state index < -0.39 is 0 Å². The number of fused-ring (bicyclic) bond motifs is 1. The molecule has 5 nitrogen and oxygen atoms in total. The number of aromatic nitrogens is 2. The first-order valence-electron chi connectivity index (χ1n) is 7.09. The van der Waals surface area contributed by atoms with Crippen LogP contribution in [0.3, 0.4) is 0 Å². The average molecular weight is 273 g/mol. The van der Waals surface area contributed by atoms with Crippen LogP contribution in [0.4, 0.5) is 0 Å². The summed E-state index contributed by atoms with van der Waals surface area (Å²) in [5.74, 6) is 0.330. The summed E-state index contributed by atoms with van der Waals surface area (Å²) in [6.45, 7) is 0.799. The predicted molar refractivity (Wildman–Crippen MR) is 76.5 cm³/mol. The Hall–Kier alpha value is -1.72. The molecule has 1 saturated carbocycles. The molecule has 0 spiro atoms. The molecular formula is C15H19N3O2. The van der Waals surface area contributed by atoms with Crippen molar-refractivity contribution in [2.75, 3.05) is 6.61 Å². The molecule has 0 bridgehead atoms. The zero-order chi connectivity index (χ0) is 13.9. The first-order chi connectivity index (χ1) is 9.78. The molecule has 3 rings (SSSR count). The van der Waals surface area contributed by atoms with E-state index in [4.69, 9.17) is 0 Å². The second-order valence-electron chi connectivity index (χ2n) is 5.38. The van der Waals surface area contributed by atoms with Crippen molar-refractivity contribution in [2.24, 2.45) is 5.92 Å². The standard InChI is InChI=1S/C15H19N3O2/c19-10-11-4-3-5-13(11)16-9-12-8-15(20)18-7-2-1-6-14(18)17-12/h1-2,6-8,11,13,16,19H,3-5,9-10H2. The summed E-state index contributed by atoms with van der Waals surface area (Å²) >= 11 is 0. The van der Waals surface area contributed by atoms with E-state index in [0.717, 1.165) is 25.0 Å².